The van der Waals surface area contributed by atoms with Crippen molar-refractivity contribution >= 4 is 23.0 Å². The second-order valence-electron chi connectivity index (χ2n) is 4.94. The van der Waals surface area contributed by atoms with Crippen LogP contribution in [0.15, 0.2) is 41.3 Å². The molecule has 5 heteroatoms. The number of hydrogen-bond donors (Lipinski definition) is 1. The predicted molar refractivity (Wildman–Crippen MR) is 82.9 cm³/mol. The first-order valence-electron chi connectivity index (χ1n) is 6.69. The maximum atomic E-state index is 12.7. The quantitative estimate of drug-likeness (QED) is 0.925. The highest BCUT2D eigenvalue weighted by Gasteiger charge is 2.20. The lowest BCUT2D eigenvalue weighted by Gasteiger charge is -2.20. The molecule has 1 aliphatic rings. The zero-order valence-corrected chi connectivity index (χ0v) is 11.8. The van der Waals surface area contributed by atoms with Crippen molar-refractivity contribution in [3.8, 4) is 5.69 Å². The van der Waals surface area contributed by atoms with Crippen molar-refractivity contribution < 1.29 is 0 Å². The molecule has 0 unspecified atom stereocenters. The van der Waals surface area contributed by atoms with E-state index in [9.17, 15) is 4.79 Å². The van der Waals surface area contributed by atoms with Crippen molar-refractivity contribution in [1.82, 2.24) is 4.57 Å². The average molecular weight is 290 g/mol. The molecule has 0 radical (unpaired) electrons. The van der Waals surface area contributed by atoms with E-state index >= 15 is 0 Å². The number of aromatic nitrogens is 1. The van der Waals surface area contributed by atoms with Crippen molar-refractivity contribution in [2.24, 2.45) is 0 Å². The minimum absolute atomic E-state index is 0.111. The van der Waals surface area contributed by atoms with Gasteiger partial charge in [0.15, 0.2) is 0 Å². The molecular weight excluding hydrogens is 274 g/mol. The van der Waals surface area contributed by atoms with Gasteiger partial charge in [0.2, 0.25) is 0 Å². The Morgan fingerprint density at radius 3 is 2.50 bits per heavy atom. The first-order chi connectivity index (χ1) is 9.68. The number of anilines is 2. The zero-order chi connectivity index (χ0) is 14.1. The van der Waals surface area contributed by atoms with Crippen LogP contribution in [0, 0.1) is 0 Å². The Bertz CT molecular complexity index is 690. The molecule has 1 fully saturated rings. The van der Waals surface area contributed by atoms with E-state index in [0.717, 1.165) is 25.9 Å². The molecule has 2 aromatic rings. The molecule has 0 aliphatic carbocycles. The summed E-state index contributed by atoms with van der Waals surface area (Å²) in [5.41, 5.74) is 7.68. The van der Waals surface area contributed by atoms with E-state index in [0.29, 0.717) is 22.1 Å². The van der Waals surface area contributed by atoms with E-state index in [-0.39, 0.29) is 5.56 Å². The molecular formula is C15H16ClN3O. The van der Waals surface area contributed by atoms with Gasteiger partial charge in [0, 0.05) is 19.3 Å². The minimum atomic E-state index is -0.111. The fraction of sp³-hybridized carbons (Fsp3) is 0.267. The number of nitrogen functional groups attached to an aromatic ring is 1. The van der Waals surface area contributed by atoms with Gasteiger partial charge in [-0.2, -0.15) is 0 Å². The van der Waals surface area contributed by atoms with Crippen LogP contribution in [0.3, 0.4) is 0 Å². The lowest BCUT2D eigenvalue weighted by molar-refractivity contribution is 0.915. The molecule has 1 saturated heterocycles. The number of para-hydroxylation sites is 1. The van der Waals surface area contributed by atoms with Gasteiger partial charge >= 0.3 is 0 Å². The Balaban J connectivity index is 2.17. The van der Waals surface area contributed by atoms with Gasteiger partial charge in [-0.1, -0.05) is 23.7 Å². The standard InChI is InChI=1S/C15H16ClN3O/c16-11-5-1-2-6-13(11)19-10-7-12(17)14(15(19)20)18-8-3-4-9-18/h1-2,5-7,10H,3-4,8-9,17H2. The van der Waals surface area contributed by atoms with Crippen LogP contribution >= 0.6 is 11.6 Å². The Kier molecular flexibility index (Phi) is 3.40. The van der Waals surface area contributed by atoms with Crippen LogP contribution in [0.1, 0.15) is 12.8 Å². The molecule has 0 saturated carbocycles. The number of rotatable bonds is 2. The van der Waals surface area contributed by atoms with E-state index in [1.54, 1.807) is 22.9 Å². The average Bonchev–Trinajstić information content (AvgIpc) is 2.94. The largest absolute Gasteiger partial charge is 0.397 e. The predicted octanol–water partition coefficient (Wildman–Crippen LogP) is 2.67. The second-order valence-corrected chi connectivity index (χ2v) is 5.35. The molecule has 0 bridgehead atoms. The highest BCUT2D eigenvalue weighted by molar-refractivity contribution is 6.32. The first-order valence-corrected chi connectivity index (χ1v) is 7.07. The molecule has 3 rings (SSSR count). The molecule has 4 nitrogen and oxygen atoms in total. The SMILES string of the molecule is Nc1ccn(-c2ccccc2Cl)c(=O)c1N1CCCC1. The van der Waals surface area contributed by atoms with Crippen molar-refractivity contribution in [3.63, 3.8) is 0 Å². The Morgan fingerprint density at radius 2 is 1.80 bits per heavy atom. The van der Waals surface area contributed by atoms with E-state index in [1.165, 1.54) is 0 Å². The molecule has 104 valence electrons. The maximum absolute atomic E-state index is 12.7. The summed E-state index contributed by atoms with van der Waals surface area (Å²) < 4.78 is 1.56. The van der Waals surface area contributed by atoms with Gasteiger partial charge in [-0.3, -0.25) is 9.36 Å². The molecule has 2 heterocycles. The number of pyridine rings is 1. The first kappa shape index (κ1) is 13.1. The molecule has 20 heavy (non-hydrogen) atoms. The van der Waals surface area contributed by atoms with Crippen LogP contribution in [-0.2, 0) is 0 Å². The van der Waals surface area contributed by atoms with Gasteiger partial charge in [-0.25, -0.2) is 0 Å². The molecule has 0 amide bonds. The Hall–Kier alpha value is -1.94. The van der Waals surface area contributed by atoms with E-state index in [4.69, 9.17) is 17.3 Å². The van der Waals surface area contributed by atoms with Crippen LogP contribution in [0.5, 0.6) is 0 Å². The Labute approximate surface area is 122 Å². The van der Waals surface area contributed by atoms with Crippen molar-refractivity contribution in [3.05, 3.63) is 51.9 Å². The third-order valence-corrected chi connectivity index (χ3v) is 3.95. The summed E-state index contributed by atoms with van der Waals surface area (Å²) in [4.78, 5) is 14.8. The van der Waals surface area contributed by atoms with Crippen LogP contribution in [0.25, 0.3) is 5.69 Å². The van der Waals surface area contributed by atoms with Gasteiger partial charge < -0.3 is 10.6 Å². The molecule has 0 spiro atoms. The second kappa shape index (κ2) is 5.21. The third-order valence-electron chi connectivity index (χ3n) is 3.63. The molecule has 1 aliphatic heterocycles. The van der Waals surface area contributed by atoms with Gasteiger partial charge in [0.25, 0.3) is 5.56 Å². The summed E-state index contributed by atoms with van der Waals surface area (Å²) >= 11 is 6.18. The van der Waals surface area contributed by atoms with Crippen molar-refractivity contribution in [1.29, 1.82) is 0 Å². The normalized spacial score (nSPS) is 14.8. The number of nitrogens with zero attached hydrogens (tertiary/aromatic N) is 2. The van der Waals surface area contributed by atoms with E-state index in [2.05, 4.69) is 4.90 Å². The van der Waals surface area contributed by atoms with Crippen LogP contribution < -0.4 is 16.2 Å². The number of halogens is 1. The minimum Gasteiger partial charge on any atom is -0.397 e. The third kappa shape index (κ3) is 2.16. The van der Waals surface area contributed by atoms with Crippen LogP contribution in [0.2, 0.25) is 5.02 Å². The molecule has 2 N–H and O–H groups in total. The Morgan fingerprint density at radius 1 is 1.10 bits per heavy atom. The van der Waals surface area contributed by atoms with E-state index in [1.807, 2.05) is 18.2 Å². The summed E-state index contributed by atoms with van der Waals surface area (Å²) in [5.74, 6) is 0. The number of hydrogen-bond acceptors (Lipinski definition) is 3. The maximum Gasteiger partial charge on any atom is 0.280 e. The zero-order valence-electron chi connectivity index (χ0n) is 11.1. The lowest BCUT2D eigenvalue weighted by Crippen LogP contribution is -2.30. The van der Waals surface area contributed by atoms with Crippen LogP contribution in [0.4, 0.5) is 11.4 Å². The smallest absolute Gasteiger partial charge is 0.280 e. The molecule has 1 aromatic carbocycles. The van der Waals surface area contributed by atoms with Gasteiger partial charge in [0.1, 0.15) is 5.69 Å². The summed E-state index contributed by atoms with van der Waals surface area (Å²) in [5, 5.41) is 0.548. The highest BCUT2D eigenvalue weighted by atomic mass is 35.5. The fourth-order valence-corrected chi connectivity index (χ4v) is 2.86. The summed E-state index contributed by atoms with van der Waals surface area (Å²) in [6.07, 6.45) is 3.87. The highest BCUT2D eigenvalue weighted by Crippen LogP contribution is 2.25. The van der Waals surface area contributed by atoms with Gasteiger partial charge in [-0.15, -0.1) is 0 Å². The summed E-state index contributed by atoms with van der Waals surface area (Å²) in [6.45, 7) is 1.76. The van der Waals surface area contributed by atoms with E-state index < -0.39 is 0 Å². The lowest BCUT2D eigenvalue weighted by atomic mass is 10.2. The summed E-state index contributed by atoms with van der Waals surface area (Å²) in [7, 11) is 0. The summed E-state index contributed by atoms with van der Waals surface area (Å²) in [6, 6.07) is 9.07. The van der Waals surface area contributed by atoms with Crippen molar-refractivity contribution in [2.75, 3.05) is 23.7 Å². The van der Waals surface area contributed by atoms with Gasteiger partial charge in [0.05, 0.1) is 16.4 Å². The number of nitrogens with two attached hydrogens (primary N) is 1. The fourth-order valence-electron chi connectivity index (χ4n) is 2.63. The molecule has 0 atom stereocenters. The number of benzene rings is 1. The van der Waals surface area contributed by atoms with Crippen molar-refractivity contribution in [2.45, 2.75) is 12.8 Å². The topological polar surface area (TPSA) is 51.3 Å². The monoisotopic (exact) mass is 289 g/mol. The van der Waals surface area contributed by atoms with Gasteiger partial charge in [-0.05, 0) is 31.0 Å². The molecule has 1 aromatic heterocycles. The van der Waals surface area contributed by atoms with Crippen LogP contribution in [-0.4, -0.2) is 17.7 Å².